The molecule has 2 atom stereocenters. The number of benzene rings is 1. The summed E-state index contributed by atoms with van der Waals surface area (Å²) in [5.74, 6) is 1.22. The molecule has 40 heavy (non-hydrogen) atoms. The lowest BCUT2D eigenvalue weighted by molar-refractivity contribution is 0.168. The molecule has 11 nitrogen and oxygen atoms in total. The smallest absolute Gasteiger partial charge is 0.225 e. The Morgan fingerprint density at radius 3 is 2.40 bits per heavy atom. The molecule has 5 heterocycles. The summed E-state index contributed by atoms with van der Waals surface area (Å²) in [7, 11) is 0. The van der Waals surface area contributed by atoms with E-state index in [4.69, 9.17) is 5.73 Å². The number of nitrogens with zero attached hydrogens (tertiary/aromatic N) is 8. The largest absolute Gasteiger partial charge is 0.391 e. The zero-order chi connectivity index (χ0) is 27.9. The molecule has 0 spiro atoms. The van der Waals surface area contributed by atoms with Gasteiger partial charge >= 0.3 is 0 Å². The van der Waals surface area contributed by atoms with Gasteiger partial charge in [-0.2, -0.15) is 5.10 Å². The second-order valence-electron chi connectivity index (χ2n) is 10.4. The Bertz CT molecular complexity index is 1600. The van der Waals surface area contributed by atoms with Crippen molar-refractivity contribution in [3.63, 3.8) is 0 Å². The maximum atomic E-state index is 13.4. The van der Waals surface area contributed by atoms with Crippen LogP contribution in [-0.4, -0.2) is 72.1 Å². The van der Waals surface area contributed by atoms with Crippen molar-refractivity contribution in [2.75, 3.05) is 36.0 Å². The van der Waals surface area contributed by atoms with Crippen LogP contribution in [0.5, 0.6) is 0 Å². The van der Waals surface area contributed by atoms with Crippen molar-refractivity contribution in [2.45, 2.75) is 32.0 Å². The summed E-state index contributed by atoms with van der Waals surface area (Å²) >= 11 is 0. The summed E-state index contributed by atoms with van der Waals surface area (Å²) in [6.07, 6.45) is 8.28. The number of halogens is 1. The maximum absolute atomic E-state index is 13.4. The average molecular weight is 543 g/mol. The normalized spacial score (nSPS) is 16.3. The van der Waals surface area contributed by atoms with Crippen LogP contribution >= 0.6 is 0 Å². The first-order valence-corrected chi connectivity index (χ1v) is 13.2. The zero-order valence-corrected chi connectivity index (χ0v) is 22.4. The first kappa shape index (κ1) is 25.8. The first-order chi connectivity index (χ1) is 19.3. The molecule has 1 saturated heterocycles. The van der Waals surface area contributed by atoms with Crippen molar-refractivity contribution in [1.82, 2.24) is 34.7 Å². The third-order valence-electron chi connectivity index (χ3n) is 7.34. The van der Waals surface area contributed by atoms with Gasteiger partial charge in [-0.1, -0.05) is 12.1 Å². The molecule has 0 saturated carbocycles. The summed E-state index contributed by atoms with van der Waals surface area (Å²) in [5.41, 5.74) is 9.85. The van der Waals surface area contributed by atoms with Crippen molar-refractivity contribution in [3.05, 3.63) is 78.4 Å². The lowest BCUT2D eigenvalue weighted by Gasteiger charge is -2.35. The van der Waals surface area contributed by atoms with Crippen LogP contribution in [0.2, 0.25) is 0 Å². The fourth-order valence-corrected chi connectivity index (χ4v) is 5.04. The van der Waals surface area contributed by atoms with Crippen LogP contribution in [-0.2, 0) is 12.1 Å². The molecule has 4 N–H and O–H groups in total. The lowest BCUT2D eigenvalue weighted by Crippen LogP contribution is -2.47. The Hall–Kier alpha value is -4.42. The topological polar surface area (TPSA) is 138 Å². The second kappa shape index (κ2) is 10.3. The number of piperazine rings is 1. The number of hydrogen-bond donors (Lipinski definition) is 3. The Balaban J connectivity index is 1.15. The fraction of sp³-hybridized carbons (Fsp3) is 0.321. The molecule has 1 aliphatic rings. The van der Waals surface area contributed by atoms with Crippen LogP contribution in [0.25, 0.3) is 22.3 Å². The van der Waals surface area contributed by atoms with Crippen LogP contribution in [0.1, 0.15) is 25.0 Å². The van der Waals surface area contributed by atoms with E-state index < -0.39 is 11.6 Å². The summed E-state index contributed by atoms with van der Waals surface area (Å²) in [6.45, 7) is 6.98. The molecule has 5 aromatic rings. The third-order valence-corrected chi connectivity index (χ3v) is 7.34. The molecule has 12 heteroatoms. The minimum absolute atomic E-state index is 0.300. The van der Waals surface area contributed by atoms with Gasteiger partial charge in [0.1, 0.15) is 23.6 Å². The number of aliphatic hydroxyl groups is 1. The predicted octanol–water partition coefficient (Wildman–Crippen LogP) is 2.68. The van der Waals surface area contributed by atoms with Crippen molar-refractivity contribution >= 4 is 22.8 Å². The highest BCUT2D eigenvalue weighted by molar-refractivity contribution is 5.91. The second-order valence-corrected chi connectivity index (χ2v) is 10.4. The summed E-state index contributed by atoms with van der Waals surface area (Å²) in [6, 6.07) is 8.23. The number of H-pyrrole nitrogens is 1. The van der Waals surface area contributed by atoms with E-state index in [0.717, 1.165) is 65.4 Å². The Morgan fingerprint density at radius 1 is 1.00 bits per heavy atom. The van der Waals surface area contributed by atoms with E-state index in [-0.39, 0.29) is 5.82 Å². The molecular weight excluding hydrogens is 511 g/mol. The predicted molar refractivity (Wildman–Crippen MR) is 150 cm³/mol. The molecule has 0 bridgehead atoms. The summed E-state index contributed by atoms with van der Waals surface area (Å²) < 4.78 is 15.1. The first-order valence-electron chi connectivity index (χ1n) is 13.2. The molecule has 0 radical (unpaired) electrons. The highest BCUT2D eigenvalue weighted by atomic mass is 19.1. The quantitative estimate of drug-likeness (QED) is 0.283. The molecule has 0 aliphatic carbocycles. The van der Waals surface area contributed by atoms with Crippen LogP contribution < -0.4 is 15.5 Å². The molecular formula is C28H31FN10O. The number of nitrogens with one attached hydrogen (secondary N) is 1. The van der Waals surface area contributed by atoms with Gasteiger partial charge in [0, 0.05) is 55.9 Å². The van der Waals surface area contributed by atoms with Gasteiger partial charge < -0.3 is 25.6 Å². The van der Waals surface area contributed by atoms with Gasteiger partial charge in [-0.15, -0.1) is 0 Å². The van der Waals surface area contributed by atoms with Crippen molar-refractivity contribution in [2.24, 2.45) is 5.73 Å². The van der Waals surface area contributed by atoms with E-state index in [2.05, 4.69) is 39.8 Å². The number of nitrogens with two attached hydrogens (primary N) is 1. The number of aromatic amines is 1. The van der Waals surface area contributed by atoms with Crippen LogP contribution in [0.15, 0.2) is 61.4 Å². The van der Waals surface area contributed by atoms with Gasteiger partial charge in [-0.05, 0) is 37.6 Å². The number of fused-ring (bicyclic) bond motifs is 1. The zero-order valence-electron chi connectivity index (χ0n) is 22.4. The van der Waals surface area contributed by atoms with Crippen LogP contribution in [0.4, 0.5) is 16.2 Å². The molecule has 1 aromatic carbocycles. The molecule has 1 fully saturated rings. The van der Waals surface area contributed by atoms with Crippen LogP contribution in [0.3, 0.4) is 0 Å². The minimum Gasteiger partial charge on any atom is -0.391 e. The molecule has 0 unspecified atom stereocenters. The molecule has 0 amide bonds. The number of rotatable bonds is 7. The van der Waals surface area contributed by atoms with E-state index >= 15 is 0 Å². The van der Waals surface area contributed by atoms with Crippen molar-refractivity contribution < 1.29 is 9.50 Å². The molecule has 206 valence electrons. The monoisotopic (exact) mass is 542 g/mol. The van der Waals surface area contributed by atoms with Crippen molar-refractivity contribution in [1.29, 1.82) is 0 Å². The third kappa shape index (κ3) is 4.98. The van der Waals surface area contributed by atoms with E-state index in [1.165, 1.54) is 12.1 Å². The van der Waals surface area contributed by atoms with Gasteiger partial charge in [0.15, 0.2) is 0 Å². The molecule has 6 rings (SSSR count). The van der Waals surface area contributed by atoms with Gasteiger partial charge in [0.25, 0.3) is 0 Å². The lowest BCUT2D eigenvalue weighted by atomic mass is 9.87. The highest BCUT2D eigenvalue weighted by Crippen LogP contribution is 2.30. The number of hydrogen-bond acceptors (Lipinski definition) is 9. The molecule has 4 aromatic heterocycles. The Kier molecular flexibility index (Phi) is 6.64. The highest BCUT2D eigenvalue weighted by Gasteiger charge is 2.26. The van der Waals surface area contributed by atoms with Gasteiger partial charge in [-0.25, -0.2) is 24.3 Å². The average Bonchev–Trinajstić information content (AvgIpc) is 3.60. The number of aromatic nitrogens is 7. The summed E-state index contributed by atoms with van der Waals surface area (Å²) in [5, 5.41) is 14.9. The minimum atomic E-state index is -0.839. The van der Waals surface area contributed by atoms with Gasteiger partial charge in [0.2, 0.25) is 5.95 Å². The Labute approximate surface area is 230 Å². The SMILES string of the molecule is C[C@@H](O)Cn1cc(-c2cc3c(N4CCN(c5ncc([C@@](C)(N)c6ccc(F)cc6)cn5)CC4)ncnc3[nH]2)cn1. The van der Waals surface area contributed by atoms with E-state index in [1.54, 1.807) is 48.7 Å². The number of anilines is 2. The van der Waals surface area contributed by atoms with E-state index in [0.29, 0.717) is 12.5 Å². The van der Waals surface area contributed by atoms with E-state index in [9.17, 15) is 9.50 Å². The van der Waals surface area contributed by atoms with Gasteiger partial charge in [-0.3, -0.25) is 4.68 Å². The molecule has 1 aliphatic heterocycles. The van der Waals surface area contributed by atoms with Gasteiger partial charge in [0.05, 0.1) is 35.5 Å². The maximum Gasteiger partial charge on any atom is 0.225 e. The van der Waals surface area contributed by atoms with E-state index in [1.807, 2.05) is 19.2 Å². The van der Waals surface area contributed by atoms with Crippen LogP contribution in [0, 0.1) is 5.82 Å². The van der Waals surface area contributed by atoms with Crippen molar-refractivity contribution in [3.8, 4) is 11.3 Å². The number of aliphatic hydroxyl groups excluding tert-OH is 1. The fourth-order valence-electron chi connectivity index (χ4n) is 5.04. The standard InChI is InChI=1S/C28H31FN10O/c1-18(40)15-39-16-19(12-35-39)24-11-23-25(36-24)33-17-34-26(23)37-7-9-38(10-8-37)27-31-13-21(14-32-27)28(2,30)20-3-5-22(29)6-4-20/h3-6,11-14,16-18,40H,7-10,15,30H2,1-2H3,(H,33,34,36)/t18-,28+/m1/s1. The Morgan fingerprint density at radius 2 is 1.70 bits per heavy atom. The summed E-state index contributed by atoms with van der Waals surface area (Å²) in [4.78, 5) is 26.0.